The standard InChI is InChI=1S/C17H20N2O2S/c1-14-18-16(13-22-14)8-9-17(20)19(10-11-21-2)12-15-6-4-3-5-7-15/h3-9,13H,10-12H2,1-2H3/b9-8-. The highest BCUT2D eigenvalue weighted by Crippen LogP contribution is 2.10. The third kappa shape index (κ3) is 5.09. The number of aromatic nitrogens is 1. The van der Waals surface area contributed by atoms with Crippen LogP contribution in [0.25, 0.3) is 6.08 Å². The molecular formula is C17H20N2O2S. The van der Waals surface area contributed by atoms with E-state index in [-0.39, 0.29) is 5.91 Å². The van der Waals surface area contributed by atoms with Gasteiger partial charge in [0, 0.05) is 31.7 Å². The van der Waals surface area contributed by atoms with Crippen molar-refractivity contribution >= 4 is 23.3 Å². The number of rotatable bonds is 7. The van der Waals surface area contributed by atoms with E-state index in [1.165, 1.54) is 0 Å². The third-order valence-corrected chi connectivity index (χ3v) is 3.92. The Morgan fingerprint density at radius 3 is 2.77 bits per heavy atom. The van der Waals surface area contributed by atoms with Crippen LogP contribution < -0.4 is 0 Å². The van der Waals surface area contributed by atoms with Crippen molar-refractivity contribution in [3.8, 4) is 0 Å². The van der Waals surface area contributed by atoms with Gasteiger partial charge in [-0.3, -0.25) is 4.79 Å². The van der Waals surface area contributed by atoms with Gasteiger partial charge in [0.2, 0.25) is 5.91 Å². The number of benzene rings is 1. The summed E-state index contributed by atoms with van der Waals surface area (Å²) in [6.07, 6.45) is 3.34. The fourth-order valence-corrected chi connectivity index (χ4v) is 2.57. The number of methoxy groups -OCH3 is 1. The number of hydrogen-bond acceptors (Lipinski definition) is 4. The topological polar surface area (TPSA) is 42.4 Å². The molecule has 0 unspecified atom stereocenters. The Hall–Kier alpha value is -1.98. The van der Waals surface area contributed by atoms with Crippen molar-refractivity contribution < 1.29 is 9.53 Å². The first-order valence-electron chi connectivity index (χ1n) is 7.11. The average Bonchev–Trinajstić information content (AvgIpc) is 2.95. The molecule has 0 saturated carbocycles. The Morgan fingerprint density at radius 1 is 1.36 bits per heavy atom. The molecular weight excluding hydrogens is 296 g/mol. The number of hydrogen-bond donors (Lipinski definition) is 0. The molecule has 4 nitrogen and oxygen atoms in total. The maximum Gasteiger partial charge on any atom is 0.247 e. The lowest BCUT2D eigenvalue weighted by atomic mass is 10.2. The Balaban J connectivity index is 2.03. The van der Waals surface area contributed by atoms with Crippen LogP contribution in [-0.2, 0) is 16.1 Å². The van der Waals surface area contributed by atoms with Crippen LogP contribution in [0.15, 0.2) is 41.8 Å². The molecule has 0 spiro atoms. The van der Waals surface area contributed by atoms with Crippen LogP contribution >= 0.6 is 11.3 Å². The van der Waals surface area contributed by atoms with E-state index in [1.54, 1.807) is 35.5 Å². The van der Waals surface area contributed by atoms with E-state index in [9.17, 15) is 4.79 Å². The van der Waals surface area contributed by atoms with Gasteiger partial charge in [0.05, 0.1) is 17.3 Å². The zero-order valence-corrected chi connectivity index (χ0v) is 13.7. The first kappa shape index (κ1) is 16.4. The van der Waals surface area contributed by atoms with E-state index < -0.39 is 0 Å². The summed E-state index contributed by atoms with van der Waals surface area (Å²) in [6.45, 7) is 3.60. The smallest absolute Gasteiger partial charge is 0.247 e. The second kappa shape index (κ2) is 8.46. The molecule has 116 valence electrons. The summed E-state index contributed by atoms with van der Waals surface area (Å²) in [5.74, 6) is -0.0356. The SMILES string of the molecule is COCCN(Cc1ccccc1)C(=O)/C=C\c1csc(C)n1. The molecule has 0 atom stereocenters. The van der Waals surface area contributed by atoms with Crippen LogP contribution in [0.5, 0.6) is 0 Å². The van der Waals surface area contributed by atoms with E-state index in [1.807, 2.05) is 42.6 Å². The largest absolute Gasteiger partial charge is 0.383 e. The minimum Gasteiger partial charge on any atom is -0.383 e. The quantitative estimate of drug-likeness (QED) is 0.737. The van der Waals surface area contributed by atoms with E-state index in [0.29, 0.717) is 19.7 Å². The van der Waals surface area contributed by atoms with Gasteiger partial charge < -0.3 is 9.64 Å². The van der Waals surface area contributed by atoms with E-state index in [2.05, 4.69) is 4.98 Å². The summed E-state index contributed by atoms with van der Waals surface area (Å²) in [5.41, 5.74) is 1.92. The molecule has 0 saturated heterocycles. The molecule has 22 heavy (non-hydrogen) atoms. The minimum atomic E-state index is -0.0356. The lowest BCUT2D eigenvalue weighted by Gasteiger charge is -2.21. The molecule has 1 amide bonds. The highest BCUT2D eigenvalue weighted by atomic mass is 32.1. The Morgan fingerprint density at radius 2 is 2.14 bits per heavy atom. The lowest BCUT2D eigenvalue weighted by Crippen LogP contribution is -2.32. The van der Waals surface area contributed by atoms with Gasteiger partial charge in [-0.1, -0.05) is 30.3 Å². The Bertz CT molecular complexity index is 623. The Labute approximate surface area is 135 Å². The summed E-state index contributed by atoms with van der Waals surface area (Å²) >= 11 is 1.57. The summed E-state index contributed by atoms with van der Waals surface area (Å²) in [4.78, 5) is 18.5. The minimum absolute atomic E-state index is 0.0356. The van der Waals surface area contributed by atoms with Gasteiger partial charge in [0.25, 0.3) is 0 Å². The third-order valence-electron chi connectivity index (χ3n) is 3.13. The Kier molecular flexibility index (Phi) is 6.30. The van der Waals surface area contributed by atoms with Crippen LogP contribution in [0.3, 0.4) is 0 Å². The van der Waals surface area contributed by atoms with Crippen molar-refractivity contribution in [2.75, 3.05) is 20.3 Å². The molecule has 2 rings (SSSR count). The van der Waals surface area contributed by atoms with Crippen molar-refractivity contribution in [2.24, 2.45) is 0 Å². The van der Waals surface area contributed by atoms with Gasteiger partial charge >= 0.3 is 0 Å². The number of aryl methyl sites for hydroxylation is 1. The number of nitrogens with zero attached hydrogens (tertiary/aromatic N) is 2. The number of carbonyl (C=O) groups is 1. The first-order chi connectivity index (χ1) is 10.7. The van der Waals surface area contributed by atoms with Crippen molar-refractivity contribution in [3.05, 3.63) is 58.1 Å². The van der Waals surface area contributed by atoms with Gasteiger partial charge in [-0.15, -0.1) is 11.3 Å². The average molecular weight is 316 g/mol. The molecule has 5 heteroatoms. The zero-order valence-electron chi connectivity index (χ0n) is 12.9. The van der Waals surface area contributed by atoms with Crippen molar-refractivity contribution in [1.29, 1.82) is 0 Å². The van der Waals surface area contributed by atoms with Crippen LogP contribution in [0, 0.1) is 6.92 Å². The molecule has 2 aromatic rings. The molecule has 0 aliphatic carbocycles. The molecule has 0 bridgehead atoms. The van der Waals surface area contributed by atoms with Gasteiger partial charge in [-0.2, -0.15) is 0 Å². The normalized spacial score (nSPS) is 11.0. The first-order valence-corrected chi connectivity index (χ1v) is 7.99. The van der Waals surface area contributed by atoms with Gasteiger partial charge in [-0.05, 0) is 18.6 Å². The van der Waals surface area contributed by atoms with E-state index >= 15 is 0 Å². The van der Waals surface area contributed by atoms with Crippen molar-refractivity contribution in [1.82, 2.24) is 9.88 Å². The van der Waals surface area contributed by atoms with Crippen LogP contribution in [0.1, 0.15) is 16.3 Å². The van der Waals surface area contributed by atoms with E-state index in [4.69, 9.17) is 4.74 Å². The summed E-state index contributed by atoms with van der Waals surface area (Å²) < 4.78 is 5.10. The van der Waals surface area contributed by atoms with Gasteiger partial charge in [0.15, 0.2) is 0 Å². The number of amides is 1. The molecule has 1 aromatic heterocycles. The molecule has 0 fully saturated rings. The van der Waals surface area contributed by atoms with Gasteiger partial charge in [0.1, 0.15) is 0 Å². The molecule has 0 aliphatic heterocycles. The number of ether oxygens (including phenoxy) is 1. The molecule has 1 heterocycles. The van der Waals surface area contributed by atoms with Crippen LogP contribution in [0.2, 0.25) is 0 Å². The fourth-order valence-electron chi connectivity index (χ4n) is 1.99. The zero-order chi connectivity index (χ0) is 15.8. The highest BCUT2D eigenvalue weighted by molar-refractivity contribution is 7.09. The van der Waals surface area contributed by atoms with Crippen molar-refractivity contribution in [3.63, 3.8) is 0 Å². The maximum absolute atomic E-state index is 12.4. The van der Waals surface area contributed by atoms with E-state index in [0.717, 1.165) is 16.3 Å². The second-order valence-electron chi connectivity index (χ2n) is 4.86. The molecule has 1 aromatic carbocycles. The highest BCUT2D eigenvalue weighted by Gasteiger charge is 2.11. The van der Waals surface area contributed by atoms with Gasteiger partial charge in [-0.25, -0.2) is 4.98 Å². The molecule has 0 radical (unpaired) electrons. The molecule has 0 aliphatic rings. The number of thiazole rings is 1. The summed E-state index contributed by atoms with van der Waals surface area (Å²) in [5, 5.41) is 2.93. The van der Waals surface area contributed by atoms with Crippen molar-refractivity contribution in [2.45, 2.75) is 13.5 Å². The monoisotopic (exact) mass is 316 g/mol. The predicted octanol–water partition coefficient (Wildman–Crippen LogP) is 3.14. The fraction of sp³-hybridized carbons (Fsp3) is 0.294. The van der Waals surface area contributed by atoms with Crippen LogP contribution in [0.4, 0.5) is 0 Å². The summed E-state index contributed by atoms with van der Waals surface area (Å²) in [7, 11) is 1.64. The predicted molar refractivity (Wildman–Crippen MR) is 89.6 cm³/mol. The maximum atomic E-state index is 12.4. The lowest BCUT2D eigenvalue weighted by molar-refractivity contribution is -0.127. The van der Waals surface area contributed by atoms with Crippen LogP contribution in [-0.4, -0.2) is 36.1 Å². The second-order valence-corrected chi connectivity index (χ2v) is 5.93. The summed E-state index contributed by atoms with van der Waals surface area (Å²) in [6, 6.07) is 9.95. The number of carbonyl (C=O) groups excluding carboxylic acids is 1. The molecule has 0 N–H and O–H groups in total.